The molecule has 0 fully saturated rings. The molecule has 0 bridgehead atoms. The van der Waals surface area contributed by atoms with Gasteiger partial charge in [-0.3, -0.25) is 9.59 Å². The van der Waals surface area contributed by atoms with E-state index in [9.17, 15) is 9.59 Å². The van der Waals surface area contributed by atoms with Crippen LogP contribution < -0.4 is 9.47 Å². The summed E-state index contributed by atoms with van der Waals surface area (Å²) in [6.45, 7) is 0.939. The first-order valence-electron chi connectivity index (χ1n) is 10.6. The van der Waals surface area contributed by atoms with Gasteiger partial charge in [-0.05, 0) is 17.7 Å². The number of carboxylic acid groups (broad SMARTS) is 1. The molecule has 8 nitrogen and oxygen atoms in total. The lowest BCUT2D eigenvalue weighted by Gasteiger charge is -2.23. The number of fused-ring (bicyclic) bond motifs is 2. The molecule has 9 heteroatoms. The predicted molar refractivity (Wildman–Crippen MR) is 122 cm³/mol. The zero-order valence-corrected chi connectivity index (χ0v) is 18.3. The van der Waals surface area contributed by atoms with Crippen LogP contribution in [0.2, 0.25) is 5.15 Å². The molecule has 3 aromatic rings. The predicted octanol–water partition coefficient (Wildman–Crippen LogP) is 4.20. The molecule has 0 aliphatic carbocycles. The number of aliphatic carboxylic acids is 1. The summed E-state index contributed by atoms with van der Waals surface area (Å²) < 4.78 is 11.3. The van der Waals surface area contributed by atoms with E-state index < -0.39 is 12.0 Å². The summed E-state index contributed by atoms with van der Waals surface area (Å²) in [5, 5.41) is 16.0. The summed E-state index contributed by atoms with van der Waals surface area (Å²) in [7, 11) is 0. The highest BCUT2D eigenvalue weighted by atomic mass is 35.5. The number of carbonyl (C=O) groups excluding carboxylic acids is 1. The molecule has 5 rings (SSSR count). The van der Waals surface area contributed by atoms with Gasteiger partial charge < -0.3 is 14.6 Å². The zero-order valence-electron chi connectivity index (χ0n) is 17.5. The van der Waals surface area contributed by atoms with Crippen LogP contribution in [0.4, 0.5) is 0 Å². The molecule has 2 aromatic carbocycles. The molecule has 0 radical (unpaired) electrons. The molecule has 1 unspecified atom stereocenters. The van der Waals surface area contributed by atoms with Gasteiger partial charge in [-0.25, -0.2) is 9.99 Å². The summed E-state index contributed by atoms with van der Waals surface area (Å²) in [5.74, 6) is -0.174. The van der Waals surface area contributed by atoms with Crippen LogP contribution in [0.5, 0.6) is 11.5 Å². The number of aromatic nitrogens is 1. The highest BCUT2D eigenvalue weighted by Gasteiger charge is 2.35. The Balaban J connectivity index is 1.54. The van der Waals surface area contributed by atoms with Crippen molar-refractivity contribution in [2.75, 3.05) is 13.2 Å². The van der Waals surface area contributed by atoms with Crippen LogP contribution in [0.1, 0.15) is 36.4 Å². The lowest BCUT2D eigenvalue weighted by Crippen LogP contribution is -2.27. The summed E-state index contributed by atoms with van der Waals surface area (Å²) in [4.78, 5) is 28.5. The third-order valence-electron chi connectivity index (χ3n) is 5.64. The fourth-order valence-electron chi connectivity index (χ4n) is 4.05. The van der Waals surface area contributed by atoms with Crippen LogP contribution in [-0.2, 0) is 9.59 Å². The molecule has 1 atom stereocenters. The number of carboxylic acids is 1. The normalized spacial score (nSPS) is 17.2. The molecule has 0 spiro atoms. The Hall–Kier alpha value is -3.65. The second kappa shape index (κ2) is 8.71. The van der Waals surface area contributed by atoms with Crippen molar-refractivity contribution in [3.8, 4) is 11.5 Å². The summed E-state index contributed by atoms with van der Waals surface area (Å²) >= 11 is 6.59. The van der Waals surface area contributed by atoms with Crippen molar-refractivity contribution < 1.29 is 24.2 Å². The Kier molecular flexibility index (Phi) is 5.60. The molecule has 3 heterocycles. The number of ether oxygens (including phenoxy) is 2. The zero-order chi connectivity index (χ0) is 22.9. The van der Waals surface area contributed by atoms with Gasteiger partial charge in [-0.2, -0.15) is 5.10 Å². The Morgan fingerprint density at radius 1 is 1.06 bits per heavy atom. The molecule has 1 amide bonds. The van der Waals surface area contributed by atoms with Gasteiger partial charge in [-0.15, -0.1) is 0 Å². The summed E-state index contributed by atoms with van der Waals surface area (Å²) in [6.07, 6.45) is 0.000421. The van der Waals surface area contributed by atoms with Crippen LogP contribution in [0.25, 0.3) is 10.9 Å². The van der Waals surface area contributed by atoms with Crippen LogP contribution in [-0.4, -0.2) is 45.9 Å². The average molecular weight is 466 g/mol. The van der Waals surface area contributed by atoms with Gasteiger partial charge in [0, 0.05) is 29.9 Å². The highest BCUT2D eigenvalue weighted by Crippen LogP contribution is 2.40. The van der Waals surface area contributed by atoms with Gasteiger partial charge in [0.15, 0.2) is 11.5 Å². The molecule has 1 N–H and O–H groups in total. The van der Waals surface area contributed by atoms with E-state index in [0.717, 1.165) is 16.7 Å². The molecular formula is C24H20ClN3O5. The maximum Gasteiger partial charge on any atom is 0.303 e. The van der Waals surface area contributed by atoms with Gasteiger partial charge in [0.1, 0.15) is 18.4 Å². The number of hydrogen-bond donors (Lipinski definition) is 1. The fourth-order valence-corrected chi connectivity index (χ4v) is 4.32. The van der Waals surface area contributed by atoms with Crippen molar-refractivity contribution in [3.63, 3.8) is 0 Å². The van der Waals surface area contributed by atoms with E-state index in [-0.39, 0.29) is 23.9 Å². The molecule has 2 aliphatic rings. The monoisotopic (exact) mass is 465 g/mol. The first-order valence-corrected chi connectivity index (χ1v) is 10.9. The van der Waals surface area contributed by atoms with Crippen molar-refractivity contribution >= 4 is 40.1 Å². The molecule has 0 saturated heterocycles. The first kappa shape index (κ1) is 21.2. The Morgan fingerprint density at radius 3 is 2.52 bits per heavy atom. The van der Waals surface area contributed by atoms with E-state index in [1.54, 1.807) is 6.07 Å². The number of halogens is 1. The maximum absolute atomic E-state index is 12.9. The number of amides is 1. The number of hydrazone groups is 1. The Bertz CT molecular complexity index is 1280. The maximum atomic E-state index is 12.9. The van der Waals surface area contributed by atoms with Gasteiger partial charge in [-0.1, -0.05) is 41.9 Å². The quantitative estimate of drug-likeness (QED) is 0.566. The Morgan fingerprint density at radius 2 is 1.79 bits per heavy atom. The van der Waals surface area contributed by atoms with E-state index in [1.165, 1.54) is 5.01 Å². The molecule has 0 saturated carbocycles. The van der Waals surface area contributed by atoms with Crippen LogP contribution in [0.15, 0.2) is 53.6 Å². The number of nitrogens with zero attached hydrogens (tertiary/aromatic N) is 3. The summed E-state index contributed by atoms with van der Waals surface area (Å²) in [5.41, 5.74) is 2.90. The van der Waals surface area contributed by atoms with Crippen LogP contribution in [0.3, 0.4) is 0 Å². The van der Waals surface area contributed by atoms with E-state index in [2.05, 4.69) is 10.1 Å². The van der Waals surface area contributed by atoms with Crippen molar-refractivity contribution in [1.82, 2.24) is 9.99 Å². The number of pyridine rings is 1. The molecular weight excluding hydrogens is 446 g/mol. The summed E-state index contributed by atoms with van der Waals surface area (Å²) in [6, 6.07) is 14.6. The first-order chi connectivity index (χ1) is 16.0. The minimum atomic E-state index is -1.04. The second-order valence-electron chi connectivity index (χ2n) is 7.82. The number of carbonyl (C=O) groups is 2. The van der Waals surface area contributed by atoms with E-state index >= 15 is 0 Å². The van der Waals surface area contributed by atoms with E-state index in [4.69, 9.17) is 26.2 Å². The second-order valence-corrected chi connectivity index (χ2v) is 8.18. The largest absolute Gasteiger partial charge is 0.486 e. The highest BCUT2D eigenvalue weighted by molar-refractivity contribution is 6.30. The third kappa shape index (κ3) is 4.21. The molecule has 1 aromatic heterocycles. The molecule has 168 valence electrons. The van der Waals surface area contributed by atoms with Crippen molar-refractivity contribution in [2.24, 2.45) is 5.10 Å². The SMILES string of the molecule is O=C(O)CCC(=O)N1N=C(c2ccccc2)CC1c1cc2cc3c(cc2nc1Cl)OCCO3. The van der Waals surface area contributed by atoms with Gasteiger partial charge in [0.25, 0.3) is 0 Å². The smallest absolute Gasteiger partial charge is 0.303 e. The van der Waals surface area contributed by atoms with Gasteiger partial charge in [0.05, 0.1) is 23.7 Å². The van der Waals surface area contributed by atoms with E-state index in [0.29, 0.717) is 42.2 Å². The van der Waals surface area contributed by atoms with Crippen molar-refractivity contribution in [1.29, 1.82) is 0 Å². The third-order valence-corrected chi connectivity index (χ3v) is 5.95. The van der Waals surface area contributed by atoms with Gasteiger partial charge in [0.2, 0.25) is 5.91 Å². The fraction of sp³-hybridized carbons (Fsp3) is 0.250. The Labute approximate surface area is 194 Å². The van der Waals surface area contributed by atoms with Crippen LogP contribution in [0, 0.1) is 0 Å². The number of rotatable bonds is 5. The number of benzene rings is 2. The topological polar surface area (TPSA) is 101 Å². The average Bonchev–Trinajstić information content (AvgIpc) is 3.27. The minimum absolute atomic E-state index is 0.158. The molecule has 2 aliphatic heterocycles. The van der Waals surface area contributed by atoms with Crippen molar-refractivity contribution in [3.05, 3.63) is 64.8 Å². The number of hydrogen-bond acceptors (Lipinski definition) is 6. The van der Waals surface area contributed by atoms with Crippen LogP contribution >= 0.6 is 11.6 Å². The lowest BCUT2D eigenvalue weighted by molar-refractivity contribution is -0.141. The molecule has 33 heavy (non-hydrogen) atoms. The van der Waals surface area contributed by atoms with Gasteiger partial charge >= 0.3 is 5.97 Å². The minimum Gasteiger partial charge on any atom is -0.486 e. The standard InChI is InChI=1S/C24H20ClN3O5/c25-24-16(10-15-11-20-21(13-17(15)26-24)33-9-8-32-20)19-12-18(14-4-2-1-3-5-14)27-28(19)22(29)6-7-23(30)31/h1-5,10-11,13,19H,6-9,12H2,(H,30,31). The van der Waals surface area contributed by atoms with E-state index in [1.807, 2.05) is 42.5 Å². The lowest BCUT2D eigenvalue weighted by atomic mass is 9.98. The van der Waals surface area contributed by atoms with Crippen molar-refractivity contribution in [2.45, 2.75) is 25.3 Å².